The molecule has 2 aromatic rings. The highest BCUT2D eigenvalue weighted by Crippen LogP contribution is 2.45. The molecule has 1 fully saturated rings. The van der Waals surface area contributed by atoms with Gasteiger partial charge in [-0.25, -0.2) is 18.6 Å². The monoisotopic (exact) mass is 472 g/mol. The molecule has 2 heterocycles. The molecule has 2 N–H and O–H groups in total. The number of hydrogen-bond donors (Lipinski definition) is 2. The predicted molar refractivity (Wildman–Crippen MR) is 104 cm³/mol. The first kappa shape index (κ1) is 22.1. The van der Waals surface area contributed by atoms with E-state index >= 15 is 0 Å². The molecule has 6 nitrogen and oxygen atoms in total. The summed E-state index contributed by atoms with van der Waals surface area (Å²) in [6.07, 6.45) is -5.61. The van der Waals surface area contributed by atoms with E-state index in [1.807, 2.05) is 5.32 Å². The smallest absolute Gasteiger partial charge is 0.310 e. The number of fused-ring (bicyclic) bond motifs is 1. The van der Waals surface area contributed by atoms with E-state index in [9.17, 15) is 31.5 Å². The number of urea groups is 1. The Hall–Kier alpha value is -3.13. The van der Waals surface area contributed by atoms with Gasteiger partial charge in [-0.05, 0) is 30.5 Å². The van der Waals surface area contributed by atoms with Crippen molar-refractivity contribution in [1.82, 2.24) is 14.9 Å². The van der Waals surface area contributed by atoms with E-state index in [1.54, 1.807) is 0 Å². The quantitative estimate of drug-likeness (QED) is 0.519. The van der Waals surface area contributed by atoms with E-state index in [-0.39, 0.29) is 34.3 Å². The van der Waals surface area contributed by atoms with Crippen molar-refractivity contribution in [2.75, 3.05) is 5.32 Å². The SMILES string of the molecule is O=C1Nc2cc(Cn3cnc(C(F)F)cc3=O)c(Cl)cc2C(C#CC2CC2)(C(F)(F)F)N1. The zero-order chi connectivity index (χ0) is 23.3. The van der Waals surface area contributed by atoms with Crippen molar-refractivity contribution >= 4 is 23.3 Å². The average Bonchev–Trinajstić information content (AvgIpc) is 3.52. The Morgan fingerprint density at radius 1 is 1.25 bits per heavy atom. The normalized spacial score (nSPS) is 20.2. The first-order valence-electron chi connectivity index (χ1n) is 9.36. The third-order valence-corrected chi connectivity index (χ3v) is 5.42. The number of aromatic nitrogens is 2. The summed E-state index contributed by atoms with van der Waals surface area (Å²) in [5.41, 5.74) is -4.84. The zero-order valence-electron chi connectivity index (χ0n) is 16.1. The number of anilines is 1. The first-order valence-corrected chi connectivity index (χ1v) is 9.74. The summed E-state index contributed by atoms with van der Waals surface area (Å²) in [7, 11) is 0. The summed E-state index contributed by atoms with van der Waals surface area (Å²) in [4.78, 5) is 27.7. The fraction of sp³-hybridized carbons (Fsp3) is 0.350. The van der Waals surface area contributed by atoms with Crippen LogP contribution in [0.5, 0.6) is 0 Å². The molecule has 1 atom stereocenters. The van der Waals surface area contributed by atoms with Gasteiger partial charge < -0.3 is 10.6 Å². The maximum atomic E-state index is 14.2. The zero-order valence-corrected chi connectivity index (χ0v) is 16.8. The molecule has 0 bridgehead atoms. The maximum Gasteiger partial charge on any atom is 0.427 e. The largest absolute Gasteiger partial charge is 0.427 e. The number of benzene rings is 1. The van der Waals surface area contributed by atoms with E-state index in [0.29, 0.717) is 18.9 Å². The van der Waals surface area contributed by atoms with Gasteiger partial charge >= 0.3 is 12.2 Å². The lowest BCUT2D eigenvalue weighted by Crippen LogP contribution is -2.59. The molecule has 0 radical (unpaired) electrons. The number of nitrogens with zero attached hydrogens (tertiary/aromatic N) is 2. The lowest BCUT2D eigenvalue weighted by Gasteiger charge is -2.37. The fourth-order valence-corrected chi connectivity index (χ4v) is 3.46. The van der Waals surface area contributed by atoms with Gasteiger partial charge in [0.2, 0.25) is 5.54 Å². The molecular formula is C20H14ClF5N4O2. The molecule has 168 valence electrons. The van der Waals surface area contributed by atoms with Gasteiger partial charge in [0.15, 0.2) is 0 Å². The van der Waals surface area contributed by atoms with Crippen LogP contribution in [0.2, 0.25) is 5.02 Å². The van der Waals surface area contributed by atoms with Crippen molar-refractivity contribution in [3.05, 3.63) is 56.7 Å². The number of halogens is 6. The van der Waals surface area contributed by atoms with Crippen LogP contribution in [0.4, 0.5) is 32.4 Å². The van der Waals surface area contributed by atoms with Crippen LogP contribution in [-0.2, 0) is 12.1 Å². The van der Waals surface area contributed by atoms with Crippen molar-refractivity contribution in [3.8, 4) is 11.8 Å². The van der Waals surface area contributed by atoms with Crippen molar-refractivity contribution in [2.24, 2.45) is 5.92 Å². The molecule has 1 aromatic carbocycles. The van der Waals surface area contributed by atoms with Gasteiger partial charge in [-0.3, -0.25) is 9.36 Å². The summed E-state index contributed by atoms with van der Waals surface area (Å²) < 4.78 is 68.8. The molecule has 1 aromatic heterocycles. The van der Waals surface area contributed by atoms with Crippen LogP contribution in [0.3, 0.4) is 0 Å². The second-order valence-corrected chi connectivity index (χ2v) is 7.85. The Labute approximate surface area is 182 Å². The van der Waals surface area contributed by atoms with Gasteiger partial charge in [-0.15, -0.1) is 0 Å². The summed E-state index contributed by atoms with van der Waals surface area (Å²) in [6.45, 7) is -0.266. The van der Waals surface area contributed by atoms with E-state index in [0.717, 1.165) is 17.0 Å². The van der Waals surface area contributed by atoms with E-state index < -0.39 is 35.4 Å². The van der Waals surface area contributed by atoms with Crippen molar-refractivity contribution in [3.63, 3.8) is 0 Å². The minimum atomic E-state index is -4.95. The van der Waals surface area contributed by atoms with Crippen molar-refractivity contribution in [1.29, 1.82) is 0 Å². The van der Waals surface area contributed by atoms with E-state index in [2.05, 4.69) is 22.1 Å². The fourth-order valence-electron chi connectivity index (χ4n) is 3.24. The van der Waals surface area contributed by atoms with Crippen LogP contribution in [0, 0.1) is 17.8 Å². The van der Waals surface area contributed by atoms with Crippen LogP contribution in [0.15, 0.2) is 29.3 Å². The van der Waals surface area contributed by atoms with Crippen LogP contribution >= 0.6 is 11.6 Å². The molecule has 4 rings (SSSR count). The lowest BCUT2D eigenvalue weighted by molar-refractivity contribution is -0.178. The van der Waals surface area contributed by atoms with Crippen LogP contribution in [-0.4, -0.2) is 21.8 Å². The molecule has 0 saturated heterocycles. The number of rotatable bonds is 3. The molecule has 2 amide bonds. The second-order valence-electron chi connectivity index (χ2n) is 7.44. The van der Waals surface area contributed by atoms with Crippen molar-refractivity contribution < 1.29 is 26.7 Å². The summed E-state index contributed by atoms with van der Waals surface area (Å²) in [5.74, 6) is 4.61. The number of amides is 2. The maximum absolute atomic E-state index is 14.2. The summed E-state index contributed by atoms with van der Waals surface area (Å²) in [5, 5.41) is 4.06. The highest BCUT2D eigenvalue weighted by atomic mass is 35.5. The Morgan fingerprint density at radius 2 is 1.97 bits per heavy atom. The molecule has 1 aliphatic carbocycles. The standard InChI is InChI=1S/C20H14ClF5N4O2/c21-13-6-12-14(5-11(13)8-30-9-27-15(17(22)23)7-16(30)31)28-18(32)29-19(12,20(24,25)26)4-3-10-1-2-10/h5-7,9-10,17H,1-2,8H2,(H2,28,29,32). The topological polar surface area (TPSA) is 76.0 Å². The predicted octanol–water partition coefficient (Wildman–Crippen LogP) is 4.19. The number of nitrogens with one attached hydrogen (secondary N) is 2. The summed E-state index contributed by atoms with van der Waals surface area (Å²) >= 11 is 6.22. The highest BCUT2D eigenvalue weighted by Gasteiger charge is 2.59. The minimum absolute atomic E-state index is 0.131. The Kier molecular flexibility index (Phi) is 5.36. The number of carbonyl (C=O) groups is 1. The van der Waals surface area contributed by atoms with Crippen LogP contribution in [0.25, 0.3) is 0 Å². The third-order valence-electron chi connectivity index (χ3n) is 5.07. The van der Waals surface area contributed by atoms with E-state index in [1.165, 1.54) is 6.07 Å². The van der Waals surface area contributed by atoms with Crippen LogP contribution in [0.1, 0.15) is 36.1 Å². The Morgan fingerprint density at radius 3 is 2.56 bits per heavy atom. The molecule has 1 aliphatic heterocycles. The van der Waals surface area contributed by atoms with Gasteiger partial charge in [0, 0.05) is 28.3 Å². The van der Waals surface area contributed by atoms with Crippen LogP contribution < -0.4 is 16.2 Å². The highest BCUT2D eigenvalue weighted by molar-refractivity contribution is 6.31. The molecule has 1 saturated carbocycles. The molecule has 32 heavy (non-hydrogen) atoms. The van der Waals surface area contributed by atoms with Gasteiger partial charge in [0.05, 0.1) is 12.9 Å². The third kappa shape index (κ3) is 4.02. The van der Waals surface area contributed by atoms with Crippen molar-refractivity contribution in [2.45, 2.75) is 37.5 Å². The van der Waals surface area contributed by atoms with Gasteiger partial charge in [-0.1, -0.05) is 23.4 Å². The van der Waals surface area contributed by atoms with Gasteiger partial charge in [0.25, 0.3) is 12.0 Å². The number of carbonyl (C=O) groups excluding carboxylic acids is 1. The molecule has 2 aliphatic rings. The Bertz CT molecular complexity index is 1210. The number of alkyl halides is 5. The lowest BCUT2D eigenvalue weighted by atomic mass is 9.85. The molecule has 1 unspecified atom stereocenters. The number of hydrogen-bond acceptors (Lipinski definition) is 3. The molecule has 12 heteroatoms. The average molecular weight is 473 g/mol. The van der Waals surface area contributed by atoms with Gasteiger partial charge in [0.1, 0.15) is 5.69 Å². The second kappa shape index (κ2) is 7.78. The van der Waals surface area contributed by atoms with Gasteiger partial charge in [-0.2, -0.15) is 13.2 Å². The summed E-state index contributed by atoms with van der Waals surface area (Å²) in [6, 6.07) is 1.78. The first-order chi connectivity index (χ1) is 15.0. The molecular weight excluding hydrogens is 459 g/mol. The Balaban J connectivity index is 1.78. The molecule has 0 spiro atoms. The minimum Gasteiger partial charge on any atom is -0.310 e. The van der Waals surface area contributed by atoms with E-state index in [4.69, 9.17) is 11.6 Å².